The Labute approximate surface area is 151 Å². The zero-order valence-electron chi connectivity index (χ0n) is 14.6. The van der Waals surface area contributed by atoms with Gasteiger partial charge in [-0.2, -0.15) is 5.10 Å². The van der Waals surface area contributed by atoms with Gasteiger partial charge in [-0.05, 0) is 30.5 Å². The number of rotatable bonds is 5. The second kappa shape index (κ2) is 7.90. The minimum Gasteiger partial charge on any atom is -0.497 e. The summed E-state index contributed by atoms with van der Waals surface area (Å²) in [6.07, 6.45) is 4.64. The van der Waals surface area contributed by atoms with Crippen LogP contribution in [0.5, 0.6) is 5.75 Å². The van der Waals surface area contributed by atoms with E-state index in [1.54, 1.807) is 29.1 Å². The summed E-state index contributed by atoms with van der Waals surface area (Å²) in [6.45, 7) is 1.38. The lowest BCUT2D eigenvalue weighted by Crippen LogP contribution is -2.44. The van der Waals surface area contributed by atoms with Crippen molar-refractivity contribution in [2.24, 2.45) is 5.92 Å². The molecule has 1 unspecified atom stereocenters. The van der Waals surface area contributed by atoms with Gasteiger partial charge in [0.15, 0.2) is 0 Å². The minimum absolute atomic E-state index is 0.237. The van der Waals surface area contributed by atoms with E-state index in [1.807, 2.05) is 24.3 Å². The Morgan fingerprint density at radius 3 is 2.81 bits per heavy atom. The number of benzene rings is 1. The average molecular weight is 358 g/mol. The number of carbonyl (C=O) groups is 2. The van der Waals surface area contributed by atoms with E-state index in [1.165, 1.54) is 0 Å². The highest BCUT2D eigenvalue weighted by atomic mass is 16.5. The highest BCUT2D eigenvalue weighted by molar-refractivity contribution is 5.89. The van der Waals surface area contributed by atoms with Crippen LogP contribution in [0.1, 0.15) is 18.4 Å². The normalized spacial score (nSPS) is 17.0. The van der Waals surface area contributed by atoms with E-state index in [-0.39, 0.29) is 12.6 Å². The standard InChI is InChI=1S/C18H22N4O4/c1-26-16-6-4-13(5-7-16)10-22-12-15(9-19-22)20-18(25)21-8-2-3-14(11-21)17(23)24/h4-7,9,12,14H,2-3,8,10-11H2,1H3,(H,20,25)(H,23,24). The van der Waals surface area contributed by atoms with Gasteiger partial charge in [-0.3, -0.25) is 9.48 Å². The molecule has 3 rings (SSSR count). The van der Waals surface area contributed by atoms with Crippen LogP contribution in [0.25, 0.3) is 0 Å². The number of hydrogen-bond donors (Lipinski definition) is 2. The van der Waals surface area contributed by atoms with Crippen molar-refractivity contribution in [2.45, 2.75) is 19.4 Å². The first kappa shape index (κ1) is 17.8. The lowest BCUT2D eigenvalue weighted by Gasteiger charge is -2.30. The fourth-order valence-electron chi connectivity index (χ4n) is 3.00. The summed E-state index contributed by atoms with van der Waals surface area (Å²) >= 11 is 0. The zero-order valence-corrected chi connectivity index (χ0v) is 14.6. The highest BCUT2D eigenvalue weighted by Gasteiger charge is 2.28. The number of ether oxygens (including phenoxy) is 1. The largest absolute Gasteiger partial charge is 0.497 e. The molecule has 0 spiro atoms. The molecule has 2 amide bonds. The van der Waals surface area contributed by atoms with E-state index in [9.17, 15) is 9.59 Å². The average Bonchev–Trinajstić information content (AvgIpc) is 3.09. The van der Waals surface area contributed by atoms with Gasteiger partial charge in [0.05, 0.1) is 31.5 Å². The third kappa shape index (κ3) is 4.33. The summed E-state index contributed by atoms with van der Waals surface area (Å²) in [5, 5.41) is 16.2. The molecule has 0 radical (unpaired) electrons. The van der Waals surface area contributed by atoms with Crippen molar-refractivity contribution < 1.29 is 19.4 Å². The molecule has 2 aromatic rings. The maximum absolute atomic E-state index is 12.3. The first-order valence-corrected chi connectivity index (χ1v) is 8.49. The molecular weight excluding hydrogens is 336 g/mol. The van der Waals surface area contributed by atoms with Crippen LogP contribution >= 0.6 is 0 Å². The number of aromatic nitrogens is 2. The molecule has 1 fully saturated rings. The Kier molecular flexibility index (Phi) is 5.40. The van der Waals surface area contributed by atoms with Crippen LogP contribution in [-0.4, -0.2) is 52.0 Å². The number of methoxy groups -OCH3 is 1. The van der Waals surface area contributed by atoms with Crippen molar-refractivity contribution in [1.82, 2.24) is 14.7 Å². The number of piperidine rings is 1. The van der Waals surface area contributed by atoms with Crippen LogP contribution < -0.4 is 10.1 Å². The van der Waals surface area contributed by atoms with Crippen LogP contribution in [0, 0.1) is 5.92 Å². The lowest BCUT2D eigenvalue weighted by molar-refractivity contribution is -0.143. The molecule has 1 saturated heterocycles. The number of hydrogen-bond acceptors (Lipinski definition) is 4. The first-order valence-electron chi connectivity index (χ1n) is 8.49. The highest BCUT2D eigenvalue weighted by Crippen LogP contribution is 2.18. The molecule has 0 aliphatic carbocycles. The van der Waals surface area contributed by atoms with Gasteiger partial charge < -0.3 is 20.1 Å². The topological polar surface area (TPSA) is 96.7 Å². The quantitative estimate of drug-likeness (QED) is 0.855. The van der Waals surface area contributed by atoms with Crippen LogP contribution in [0.4, 0.5) is 10.5 Å². The second-order valence-corrected chi connectivity index (χ2v) is 6.33. The fourth-order valence-corrected chi connectivity index (χ4v) is 3.00. The van der Waals surface area contributed by atoms with Gasteiger partial charge in [0.2, 0.25) is 0 Å². The van der Waals surface area contributed by atoms with E-state index < -0.39 is 11.9 Å². The summed E-state index contributed by atoms with van der Waals surface area (Å²) < 4.78 is 6.87. The van der Waals surface area contributed by atoms with Gasteiger partial charge in [0.25, 0.3) is 0 Å². The molecule has 1 aromatic heterocycles. The first-order chi connectivity index (χ1) is 12.5. The fraction of sp³-hybridized carbons (Fsp3) is 0.389. The van der Waals surface area contributed by atoms with Crippen molar-refractivity contribution in [3.63, 3.8) is 0 Å². The molecule has 138 valence electrons. The summed E-state index contributed by atoms with van der Waals surface area (Å²) in [7, 11) is 1.62. The smallest absolute Gasteiger partial charge is 0.321 e. The van der Waals surface area contributed by atoms with Crippen molar-refractivity contribution in [3.8, 4) is 5.75 Å². The number of likely N-dealkylation sites (tertiary alicyclic amines) is 1. The molecule has 1 aromatic carbocycles. The van der Waals surface area contributed by atoms with E-state index in [0.717, 1.165) is 11.3 Å². The van der Waals surface area contributed by atoms with E-state index >= 15 is 0 Å². The molecule has 1 aliphatic heterocycles. The van der Waals surface area contributed by atoms with Gasteiger partial charge in [-0.1, -0.05) is 12.1 Å². The number of nitrogens with zero attached hydrogens (tertiary/aromatic N) is 3. The van der Waals surface area contributed by atoms with Gasteiger partial charge in [0, 0.05) is 19.3 Å². The van der Waals surface area contributed by atoms with Gasteiger partial charge in [0.1, 0.15) is 5.75 Å². The summed E-state index contributed by atoms with van der Waals surface area (Å²) in [6, 6.07) is 7.39. The summed E-state index contributed by atoms with van der Waals surface area (Å²) in [5.74, 6) is -0.550. The molecule has 1 aliphatic rings. The molecular formula is C18H22N4O4. The number of carboxylic acid groups (broad SMARTS) is 1. The van der Waals surface area contributed by atoms with Crippen molar-refractivity contribution in [3.05, 3.63) is 42.2 Å². The Hall–Kier alpha value is -3.03. The van der Waals surface area contributed by atoms with Crippen molar-refractivity contribution in [1.29, 1.82) is 0 Å². The van der Waals surface area contributed by atoms with Crippen molar-refractivity contribution >= 4 is 17.7 Å². The van der Waals surface area contributed by atoms with E-state index in [2.05, 4.69) is 10.4 Å². The van der Waals surface area contributed by atoms with Crippen molar-refractivity contribution in [2.75, 3.05) is 25.5 Å². The zero-order chi connectivity index (χ0) is 18.5. The van der Waals surface area contributed by atoms with E-state index in [0.29, 0.717) is 31.6 Å². The number of nitrogens with one attached hydrogen (secondary N) is 1. The number of carboxylic acids is 1. The Balaban J connectivity index is 1.57. The van der Waals surface area contributed by atoms with Crippen LogP contribution in [0.15, 0.2) is 36.7 Å². The maximum atomic E-state index is 12.3. The molecule has 0 bridgehead atoms. The van der Waals surface area contributed by atoms with Gasteiger partial charge in [-0.15, -0.1) is 0 Å². The molecule has 8 heteroatoms. The number of amides is 2. The number of urea groups is 1. The molecule has 2 N–H and O–H groups in total. The third-order valence-electron chi connectivity index (χ3n) is 4.45. The number of aliphatic carboxylic acids is 1. The lowest BCUT2D eigenvalue weighted by atomic mass is 9.99. The molecule has 0 saturated carbocycles. The van der Waals surface area contributed by atoms with Gasteiger partial charge in [-0.25, -0.2) is 4.79 Å². The molecule has 26 heavy (non-hydrogen) atoms. The predicted octanol–water partition coefficient (Wildman–Crippen LogP) is 2.27. The molecule has 1 atom stereocenters. The predicted molar refractivity (Wildman–Crippen MR) is 95.3 cm³/mol. The molecule has 2 heterocycles. The molecule has 8 nitrogen and oxygen atoms in total. The minimum atomic E-state index is -0.852. The Morgan fingerprint density at radius 1 is 1.35 bits per heavy atom. The Bertz CT molecular complexity index is 772. The number of anilines is 1. The summed E-state index contributed by atoms with van der Waals surface area (Å²) in [4.78, 5) is 25.0. The third-order valence-corrected chi connectivity index (χ3v) is 4.45. The van der Waals surface area contributed by atoms with Crippen LogP contribution in [0.3, 0.4) is 0 Å². The van der Waals surface area contributed by atoms with Gasteiger partial charge >= 0.3 is 12.0 Å². The second-order valence-electron chi connectivity index (χ2n) is 6.33. The van der Waals surface area contributed by atoms with Crippen LogP contribution in [-0.2, 0) is 11.3 Å². The monoisotopic (exact) mass is 358 g/mol. The summed E-state index contributed by atoms with van der Waals surface area (Å²) in [5.41, 5.74) is 1.65. The maximum Gasteiger partial charge on any atom is 0.321 e. The van der Waals surface area contributed by atoms with E-state index in [4.69, 9.17) is 9.84 Å². The number of carbonyl (C=O) groups excluding carboxylic acids is 1. The van der Waals surface area contributed by atoms with Crippen LogP contribution in [0.2, 0.25) is 0 Å². The Morgan fingerprint density at radius 2 is 2.12 bits per heavy atom. The SMILES string of the molecule is COc1ccc(Cn2cc(NC(=O)N3CCCC(C(=O)O)C3)cn2)cc1.